The fraction of sp³-hybridized carbons (Fsp3) is 0.500. The van der Waals surface area contributed by atoms with Crippen molar-refractivity contribution in [1.29, 1.82) is 0 Å². The molecule has 1 aromatic heterocycles. The number of benzene rings is 1. The zero-order chi connectivity index (χ0) is 14.5. The lowest BCUT2D eigenvalue weighted by Gasteiger charge is -2.09. The predicted molar refractivity (Wildman–Crippen MR) is 81.4 cm³/mol. The average molecular weight is 294 g/mol. The topological polar surface area (TPSA) is 69.6 Å². The third kappa shape index (κ3) is 3.48. The van der Waals surface area contributed by atoms with E-state index in [1.54, 1.807) is 16.8 Å². The summed E-state index contributed by atoms with van der Waals surface area (Å²) in [6.07, 6.45) is 3.42. The Morgan fingerprint density at radius 2 is 2.10 bits per heavy atom. The Balaban J connectivity index is 2.12. The molecular weight excluding hydrogens is 274 g/mol. The lowest BCUT2D eigenvalue weighted by Crippen LogP contribution is -2.05. The van der Waals surface area contributed by atoms with Crippen LogP contribution in [0, 0.1) is 5.92 Å². The maximum absolute atomic E-state index is 6.21. The summed E-state index contributed by atoms with van der Waals surface area (Å²) in [6, 6.07) is 5.42. The van der Waals surface area contributed by atoms with E-state index in [2.05, 4.69) is 29.4 Å². The van der Waals surface area contributed by atoms with Crippen LogP contribution < -0.4 is 5.73 Å². The van der Waals surface area contributed by atoms with Crippen molar-refractivity contribution in [2.75, 3.05) is 5.73 Å². The van der Waals surface area contributed by atoms with E-state index in [0.717, 1.165) is 25.3 Å². The summed E-state index contributed by atoms with van der Waals surface area (Å²) in [5, 5.41) is 12.4. The van der Waals surface area contributed by atoms with Gasteiger partial charge in [-0.3, -0.25) is 0 Å². The molecule has 0 saturated carbocycles. The van der Waals surface area contributed by atoms with E-state index in [0.29, 0.717) is 22.1 Å². The number of halogens is 1. The second-order valence-corrected chi connectivity index (χ2v) is 5.73. The van der Waals surface area contributed by atoms with Gasteiger partial charge in [0.2, 0.25) is 0 Å². The maximum Gasteiger partial charge on any atom is 0.185 e. The summed E-state index contributed by atoms with van der Waals surface area (Å²) >= 11 is 6.21. The fourth-order valence-corrected chi connectivity index (χ4v) is 2.39. The van der Waals surface area contributed by atoms with Crippen molar-refractivity contribution in [3.8, 4) is 11.4 Å². The average Bonchev–Trinajstić information content (AvgIpc) is 2.82. The minimum Gasteiger partial charge on any atom is -0.398 e. The number of aromatic nitrogens is 4. The van der Waals surface area contributed by atoms with Crippen molar-refractivity contribution in [3.63, 3.8) is 0 Å². The highest BCUT2D eigenvalue weighted by atomic mass is 35.5. The van der Waals surface area contributed by atoms with Crippen molar-refractivity contribution >= 4 is 17.3 Å². The Morgan fingerprint density at radius 1 is 1.30 bits per heavy atom. The number of nitrogens with zero attached hydrogens (tertiary/aromatic N) is 4. The number of nitrogen functional groups attached to an aromatic ring is 1. The molecule has 2 rings (SSSR count). The number of aryl methyl sites for hydroxylation is 1. The molecule has 2 aromatic rings. The van der Waals surface area contributed by atoms with E-state index in [1.165, 1.54) is 6.42 Å². The highest BCUT2D eigenvalue weighted by molar-refractivity contribution is 6.33. The molecule has 0 saturated heterocycles. The van der Waals surface area contributed by atoms with Crippen molar-refractivity contribution in [2.24, 2.45) is 5.92 Å². The van der Waals surface area contributed by atoms with Crippen LogP contribution in [-0.4, -0.2) is 20.2 Å². The molecule has 0 bridgehead atoms. The summed E-state index contributed by atoms with van der Waals surface area (Å²) in [5.74, 6) is 1.36. The van der Waals surface area contributed by atoms with E-state index in [-0.39, 0.29) is 0 Å². The highest BCUT2D eigenvalue weighted by Gasteiger charge is 2.15. The normalized spacial score (nSPS) is 11.2. The van der Waals surface area contributed by atoms with Gasteiger partial charge in [-0.2, -0.15) is 0 Å². The van der Waals surface area contributed by atoms with Crippen LogP contribution >= 0.6 is 11.6 Å². The Morgan fingerprint density at radius 3 is 2.80 bits per heavy atom. The number of unbranched alkanes of at least 4 members (excludes halogenated alkanes) is 1. The smallest absolute Gasteiger partial charge is 0.185 e. The second kappa shape index (κ2) is 6.70. The summed E-state index contributed by atoms with van der Waals surface area (Å²) in [5.41, 5.74) is 7.29. The number of anilines is 1. The van der Waals surface area contributed by atoms with Crippen molar-refractivity contribution in [2.45, 2.75) is 39.7 Å². The Bertz CT molecular complexity index is 544. The largest absolute Gasteiger partial charge is 0.398 e. The third-order valence-electron chi connectivity index (χ3n) is 3.20. The number of hydrogen-bond donors (Lipinski definition) is 1. The van der Waals surface area contributed by atoms with Gasteiger partial charge < -0.3 is 5.73 Å². The first-order valence-electron chi connectivity index (χ1n) is 6.90. The lowest BCUT2D eigenvalue weighted by atomic mass is 10.1. The summed E-state index contributed by atoms with van der Waals surface area (Å²) in [7, 11) is 0. The molecule has 1 heterocycles. The molecule has 0 aliphatic heterocycles. The molecule has 0 aliphatic carbocycles. The molecule has 0 aliphatic rings. The zero-order valence-electron chi connectivity index (χ0n) is 11.9. The van der Waals surface area contributed by atoms with E-state index in [4.69, 9.17) is 17.3 Å². The second-order valence-electron chi connectivity index (χ2n) is 5.32. The molecule has 0 radical (unpaired) electrons. The molecule has 108 valence electrons. The Hall–Kier alpha value is -1.62. The Kier molecular flexibility index (Phi) is 4.95. The van der Waals surface area contributed by atoms with Gasteiger partial charge in [0.1, 0.15) is 0 Å². The van der Waals surface area contributed by atoms with Gasteiger partial charge in [0.25, 0.3) is 0 Å². The van der Waals surface area contributed by atoms with Gasteiger partial charge in [0.15, 0.2) is 5.82 Å². The van der Waals surface area contributed by atoms with Gasteiger partial charge in [-0.1, -0.05) is 44.4 Å². The van der Waals surface area contributed by atoms with Gasteiger partial charge in [0.05, 0.1) is 10.6 Å². The summed E-state index contributed by atoms with van der Waals surface area (Å²) in [6.45, 7) is 5.24. The number of tetrazole rings is 1. The first-order valence-corrected chi connectivity index (χ1v) is 7.28. The van der Waals surface area contributed by atoms with Crippen molar-refractivity contribution in [1.82, 2.24) is 20.2 Å². The first-order chi connectivity index (χ1) is 9.59. The zero-order valence-corrected chi connectivity index (χ0v) is 12.6. The highest BCUT2D eigenvalue weighted by Crippen LogP contribution is 2.31. The number of hydrogen-bond acceptors (Lipinski definition) is 4. The van der Waals surface area contributed by atoms with Gasteiger partial charge in [-0.25, -0.2) is 4.68 Å². The minimum absolute atomic E-state index is 0.572. The fourth-order valence-electron chi connectivity index (χ4n) is 2.13. The molecule has 0 atom stereocenters. The molecule has 5 nitrogen and oxygen atoms in total. The van der Waals surface area contributed by atoms with Crippen LogP contribution in [0.2, 0.25) is 5.02 Å². The van der Waals surface area contributed by atoms with Gasteiger partial charge in [-0.15, -0.1) is 5.10 Å². The number of rotatable bonds is 6. The van der Waals surface area contributed by atoms with Crippen molar-refractivity contribution in [3.05, 3.63) is 23.2 Å². The van der Waals surface area contributed by atoms with Crippen LogP contribution in [0.5, 0.6) is 0 Å². The van der Waals surface area contributed by atoms with Gasteiger partial charge in [0, 0.05) is 12.2 Å². The van der Waals surface area contributed by atoms with Gasteiger partial charge in [-0.05, 0) is 34.9 Å². The molecule has 0 fully saturated rings. The summed E-state index contributed by atoms with van der Waals surface area (Å²) < 4.78 is 1.78. The van der Waals surface area contributed by atoms with Gasteiger partial charge >= 0.3 is 0 Å². The minimum atomic E-state index is 0.572. The molecule has 2 N–H and O–H groups in total. The predicted octanol–water partition coefficient (Wildman–Crippen LogP) is 3.40. The molecule has 0 unspecified atom stereocenters. The van der Waals surface area contributed by atoms with Crippen LogP contribution in [0.1, 0.15) is 33.1 Å². The first kappa shape index (κ1) is 14.8. The quantitative estimate of drug-likeness (QED) is 0.654. The monoisotopic (exact) mass is 293 g/mol. The summed E-state index contributed by atoms with van der Waals surface area (Å²) in [4.78, 5) is 0. The van der Waals surface area contributed by atoms with E-state index >= 15 is 0 Å². The van der Waals surface area contributed by atoms with Crippen molar-refractivity contribution < 1.29 is 0 Å². The Labute approximate surface area is 124 Å². The molecule has 0 amide bonds. The molecule has 0 spiro atoms. The maximum atomic E-state index is 6.21. The molecule has 20 heavy (non-hydrogen) atoms. The van der Waals surface area contributed by atoms with Crippen LogP contribution in [-0.2, 0) is 6.54 Å². The molecule has 6 heteroatoms. The molecule has 1 aromatic carbocycles. The SMILES string of the molecule is CC(C)CCCCn1nnnc1-c1c(N)cccc1Cl. The lowest BCUT2D eigenvalue weighted by molar-refractivity contribution is 0.487. The van der Waals surface area contributed by atoms with E-state index < -0.39 is 0 Å². The molecular formula is C14H20ClN5. The number of nitrogens with two attached hydrogens (primary N) is 1. The van der Waals surface area contributed by atoms with E-state index in [1.807, 2.05) is 6.07 Å². The van der Waals surface area contributed by atoms with E-state index in [9.17, 15) is 0 Å². The van der Waals surface area contributed by atoms with Crippen LogP contribution in [0.15, 0.2) is 18.2 Å². The van der Waals surface area contributed by atoms with Crippen LogP contribution in [0.3, 0.4) is 0 Å². The van der Waals surface area contributed by atoms with Crippen LogP contribution in [0.4, 0.5) is 5.69 Å². The third-order valence-corrected chi connectivity index (χ3v) is 3.52. The standard InChI is InChI=1S/C14H20ClN5/c1-10(2)6-3-4-9-20-14(17-18-19-20)13-11(15)7-5-8-12(13)16/h5,7-8,10H,3-4,6,9,16H2,1-2H3. The van der Waals surface area contributed by atoms with Crippen LogP contribution in [0.25, 0.3) is 11.4 Å².